The van der Waals surface area contributed by atoms with Crippen molar-refractivity contribution < 1.29 is 4.57 Å². The molecule has 20 heavy (non-hydrogen) atoms. The maximum absolute atomic E-state index is 13.0. The van der Waals surface area contributed by atoms with E-state index < -0.39 is 7.80 Å². The summed E-state index contributed by atoms with van der Waals surface area (Å²) >= 11 is 0. The lowest BCUT2D eigenvalue weighted by atomic mass is 9.94. The summed E-state index contributed by atoms with van der Waals surface area (Å²) in [6.07, 6.45) is 8.23. The Morgan fingerprint density at radius 1 is 1.10 bits per heavy atom. The van der Waals surface area contributed by atoms with Crippen molar-refractivity contribution in [2.45, 2.75) is 58.5 Å². The number of benzene rings is 1. The van der Waals surface area contributed by atoms with Crippen molar-refractivity contribution in [1.29, 1.82) is 0 Å². The second-order valence-corrected chi connectivity index (χ2v) is 8.67. The molecule has 1 aromatic carbocycles. The van der Waals surface area contributed by atoms with Gasteiger partial charge < -0.3 is 0 Å². The van der Waals surface area contributed by atoms with Gasteiger partial charge in [-0.1, -0.05) is 62.1 Å². The molecule has 0 aromatic heterocycles. The molecule has 1 aliphatic rings. The van der Waals surface area contributed by atoms with E-state index >= 15 is 0 Å². The van der Waals surface area contributed by atoms with Gasteiger partial charge in [-0.3, -0.25) is 0 Å². The summed E-state index contributed by atoms with van der Waals surface area (Å²) in [6, 6.07) is 10.3. The molecule has 2 heteroatoms. The average molecular weight is 289 g/mol. The molecule has 1 saturated carbocycles. The van der Waals surface area contributed by atoms with Gasteiger partial charge in [-0.2, -0.15) is 0 Å². The van der Waals surface area contributed by atoms with Crippen LogP contribution < -0.4 is 0 Å². The molecule has 0 amide bonds. The molecule has 1 aliphatic carbocycles. The summed E-state index contributed by atoms with van der Waals surface area (Å²) in [5.41, 5.74) is 1.53. The molecule has 0 bridgehead atoms. The van der Waals surface area contributed by atoms with E-state index in [0.29, 0.717) is 5.66 Å². The van der Waals surface area contributed by atoms with Crippen molar-refractivity contribution in [2.75, 3.05) is 0 Å². The van der Waals surface area contributed by atoms with Crippen LogP contribution in [0.5, 0.6) is 0 Å². The van der Waals surface area contributed by atoms with Crippen LogP contribution in [0.2, 0.25) is 0 Å². The Kier molecular flexibility index (Phi) is 5.16. The van der Waals surface area contributed by atoms with Gasteiger partial charge in [0.05, 0.1) is 0 Å². The van der Waals surface area contributed by atoms with Gasteiger partial charge in [0.1, 0.15) is 0 Å². The van der Waals surface area contributed by atoms with Crippen LogP contribution in [0.4, 0.5) is 0 Å². The topological polar surface area (TPSA) is 17.1 Å². The number of allylic oxidation sites excluding steroid dienone is 1. The minimum Gasteiger partial charge on any atom is -0.0681 e. The molecule has 0 saturated heterocycles. The first-order valence-electron chi connectivity index (χ1n) is 7.72. The average Bonchev–Trinajstić information content (AvgIpc) is 2.45. The van der Waals surface area contributed by atoms with Gasteiger partial charge in [0, 0.05) is 5.41 Å². The van der Waals surface area contributed by atoms with Crippen molar-refractivity contribution in [3.8, 4) is 0 Å². The van der Waals surface area contributed by atoms with E-state index in [1.807, 2.05) is 18.2 Å². The Morgan fingerprint density at radius 3 is 2.25 bits per heavy atom. The third-order valence-corrected chi connectivity index (χ3v) is 6.47. The van der Waals surface area contributed by atoms with Gasteiger partial charge in [0.2, 0.25) is 0 Å². The van der Waals surface area contributed by atoms with Gasteiger partial charge >= 0.3 is 7.80 Å². The molecule has 0 radical (unpaired) electrons. The minimum atomic E-state index is -1.26. The van der Waals surface area contributed by atoms with Crippen LogP contribution in [0.15, 0.2) is 35.6 Å². The summed E-state index contributed by atoms with van der Waals surface area (Å²) in [6.45, 7) is 6.54. The molecule has 1 unspecified atom stereocenters. The first-order chi connectivity index (χ1) is 9.48. The molecule has 1 nitrogen and oxygen atoms in total. The van der Waals surface area contributed by atoms with E-state index in [1.54, 1.807) is 0 Å². The van der Waals surface area contributed by atoms with Crippen LogP contribution in [-0.4, -0.2) is 5.66 Å². The zero-order chi connectivity index (χ0) is 14.6. The van der Waals surface area contributed by atoms with Gasteiger partial charge in [-0.25, -0.2) is 0 Å². The summed E-state index contributed by atoms with van der Waals surface area (Å²) in [5.74, 6) is 0. The summed E-state index contributed by atoms with van der Waals surface area (Å²) in [7, 11) is -1.26. The number of hydrogen-bond acceptors (Lipinski definition) is 1. The van der Waals surface area contributed by atoms with Gasteiger partial charge in [-0.05, 0) is 37.3 Å². The molecule has 1 aromatic rings. The standard InChI is InChI=1S/C18H26OP/c1-18(2,3)17(14-15-10-6-4-7-11-15)20(19)16-12-8-5-9-13-16/h4,6-7,10-11,14,16H,5,8-9,12-13H2,1-3H3/q+1/b17-14-. The quantitative estimate of drug-likeness (QED) is 0.602. The van der Waals surface area contributed by atoms with E-state index in [9.17, 15) is 4.57 Å². The lowest BCUT2D eigenvalue weighted by Crippen LogP contribution is -2.14. The van der Waals surface area contributed by atoms with Crippen molar-refractivity contribution >= 4 is 13.9 Å². The zero-order valence-corrected chi connectivity index (χ0v) is 13.8. The summed E-state index contributed by atoms with van der Waals surface area (Å²) < 4.78 is 13.0. The lowest BCUT2D eigenvalue weighted by Gasteiger charge is -2.19. The third kappa shape index (κ3) is 4.03. The molecule has 1 fully saturated rings. The Morgan fingerprint density at radius 2 is 1.70 bits per heavy atom. The van der Waals surface area contributed by atoms with Crippen molar-refractivity contribution in [3.05, 3.63) is 41.2 Å². The van der Waals surface area contributed by atoms with Crippen LogP contribution in [0.25, 0.3) is 6.08 Å². The summed E-state index contributed by atoms with van der Waals surface area (Å²) in [5, 5.41) is 1.13. The van der Waals surface area contributed by atoms with Crippen LogP contribution >= 0.6 is 7.80 Å². The van der Waals surface area contributed by atoms with Crippen molar-refractivity contribution in [3.63, 3.8) is 0 Å². The molecule has 1 atom stereocenters. The Balaban J connectivity index is 2.28. The number of hydrogen-bond donors (Lipinski definition) is 0. The smallest absolute Gasteiger partial charge is 0.0681 e. The fourth-order valence-electron chi connectivity index (χ4n) is 2.83. The van der Waals surface area contributed by atoms with Crippen LogP contribution in [-0.2, 0) is 4.57 Å². The van der Waals surface area contributed by atoms with Crippen molar-refractivity contribution in [1.82, 2.24) is 0 Å². The third-order valence-electron chi connectivity index (χ3n) is 4.02. The van der Waals surface area contributed by atoms with Crippen LogP contribution in [0, 0.1) is 5.41 Å². The first kappa shape index (κ1) is 15.4. The van der Waals surface area contributed by atoms with E-state index in [2.05, 4.69) is 39.0 Å². The fraction of sp³-hybridized carbons (Fsp3) is 0.556. The minimum absolute atomic E-state index is 0.0270. The highest BCUT2D eigenvalue weighted by Gasteiger charge is 2.41. The molecular weight excluding hydrogens is 263 g/mol. The fourth-order valence-corrected chi connectivity index (χ4v) is 5.00. The van der Waals surface area contributed by atoms with E-state index in [0.717, 1.165) is 23.7 Å². The Hall–Kier alpha value is -0.940. The van der Waals surface area contributed by atoms with E-state index in [-0.39, 0.29) is 5.41 Å². The van der Waals surface area contributed by atoms with Crippen LogP contribution in [0.1, 0.15) is 58.4 Å². The SMILES string of the molecule is CC(C)(C)/C(=C/c1ccccc1)[P+](=O)C1CCCCC1. The van der Waals surface area contributed by atoms with Crippen molar-refractivity contribution in [2.24, 2.45) is 5.41 Å². The second-order valence-electron chi connectivity index (χ2n) is 6.81. The highest BCUT2D eigenvalue weighted by Crippen LogP contribution is 2.52. The van der Waals surface area contributed by atoms with Gasteiger partial charge in [-0.15, -0.1) is 0 Å². The second kappa shape index (κ2) is 6.68. The molecule has 0 heterocycles. The van der Waals surface area contributed by atoms with E-state index in [4.69, 9.17) is 0 Å². The van der Waals surface area contributed by atoms with E-state index in [1.165, 1.54) is 19.3 Å². The molecule has 0 N–H and O–H groups in total. The maximum atomic E-state index is 13.0. The highest BCUT2D eigenvalue weighted by molar-refractivity contribution is 7.50. The molecule has 108 valence electrons. The zero-order valence-electron chi connectivity index (χ0n) is 12.9. The maximum Gasteiger partial charge on any atom is 0.376 e. The monoisotopic (exact) mass is 289 g/mol. The van der Waals surface area contributed by atoms with Gasteiger partial charge in [0.15, 0.2) is 11.0 Å². The van der Waals surface area contributed by atoms with Gasteiger partial charge in [0.25, 0.3) is 0 Å². The summed E-state index contributed by atoms with van der Waals surface area (Å²) in [4.78, 5) is 0. The lowest BCUT2D eigenvalue weighted by molar-refractivity contribution is 0.480. The largest absolute Gasteiger partial charge is 0.376 e. The first-order valence-corrected chi connectivity index (χ1v) is 9.05. The highest BCUT2D eigenvalue weighted by atomic mass is 31.1. The Bertz CT molecular complexity index is 476. The van der Waals surface area contributed by atoms with Crippen LogP contribution in [0.3, 0.4) is 0 Å². The molecular formula is C18H26OP+. The normalized spacial score (nSPS) is 18.9. The molecule has 0 spiro atoms. The molecule has 0 aliphatic heterocycles. The molecule has 2 rings (SSSR count). The Labute approximate surface area is 124 Å². The number of rotatable bonds is 3. The predicted octanol–water partition coefficient (Wildman–Crippen LogP) is 6.23. The predicted molar refractivity (Wildman–Crippen MR) is 88.4 cm³/mol.